The van der Waals surface area contributed by atoms with Crippen molar-refractivity contribution in [3.05, 3.63) is 60.8 Å². The van der Waals surface area contributed by atoms with Gasteiger partial charge in [-0.25, -0.2) is 0 Å². The van der Waals surface area contributed by atoms with Crippen LogP contribution in [-0.2, 0) is 23.8 Å². The van der Waals surface area contributed by atoms with Crippen LogP contribution < -0.4 is 0 Å². The van der Waals surface area contributed by atoms with Crippen LogP contribution in [-0.4, -0.2) is 37.9 Å². The molecule has 0 aliphatic carbocycles. The number of ether oxygens (including phenoxy) is 3. The minimum atomic E-state index is -0.545. The first kappa shape index (κ1) is 63.6. The first-order valence-corrected chi connectivity index (χ1v) is 28.8. The van der Waals surface area contributed by atoms with E-state index in [-0.39, 0.29) is 25.2 Å². The summed E-state index contributed by atoms with van der Waals surface area (Å²) in [5, 5.41) is 0. The van der Waals surface area contributed by atoms with E-state index in [4.69, 9.17) is 14.2 Å². The highest BCUT2D eigenvalue weighted by atomic mass is 16.6. The molecule has 0 aliphatic rings. The van der Waals surface area contributed by atoms with Gasteiger partial charge >= 0.3 is 11.9 Å². The molecule has 0 radical (unpaired) electrons. The van der Waals surface area contributed by atoms with Crippen LogP contribution in [0, 0.1) is 0 Å². The van der Waals surface area contributed by atoms with E-state index in [9.17, 15) is 9.59 Å². The van der Waals surface area contributed by atoms with Gasteiger partial charge in [-0.2, -0.15) is 0 Å². The summed E-state index contributed by atoms with van der Waals surface area (Å²) in [7, 11) is 0. The van der Waals surface area contributed by atoms with E-state index in [1.54, 1.807) is 0 Å². The fraction of sp³-hybridized carbons (Fsp3) is 0.803. The minimum absolute atomic E-state index is 0.0799. The summed E-state index contributed by atoms with van der Waals surface area (Å²) >= 11 is 0. The van der Waals surface area contributed by atoms with Crippen molar-refractivity contribution >= 4 is 11.9 Å². The second kappa shape index (κ2) is 56.9. The number of allylic oxidation sites excluding steroid dienone is 10. The summed E-state index contributed by atoms with van der Waals surface area (Å²) in [6.45, 7) is 7.71. The van der Waals surface area contributed by atoms with Gasteiger partial charge < -0.3 is 14.2 Å². The lowest BCUT2D eigenvalue weighted by molar-refractivity contribution is -0.163. The van der Waals surface area contributed by atoms with Crippen molar-refractivity contribution in [1.82, 2.24) is 0 Å². The molecule has 0 saturated heterocycles. The van der Waals surface area contributed by atoms with Crippen LogP contribution in [0.25, 0.3) is 0 Å². The highest BCUT2D eigenvalue weighted by Crippen LogP contribution is 2.16. The lowest BCUT2D eigenvalue weighted by Gasteiger charge is -2.18. The molecule has 0 amide bonds. The van der Waals surface area contributed by atoms with Crippen molar-refractivity contribution < 1.29 is 23.8 Å². The maximum absolute atomic E-state index is 12.8. The number of esters is 2. The number of carbonyl (C=O) groups excluding carboxylic acids is 2. The van der Waals surface area contributed by atoms with Crippen LogP contribution in [0.2, 0.25) is 0 Å². The van der Waals surface area contributed by atoms with Crippen molar-refractivity contribution in [2.24, 2.45) is 0 Å². The number of hydrogen-bond acceptors (Lipinski definition) is 5. The number of unbranched alkanes of at least 4 members (excludes halogenated alkanes) is 32. The van der Waals surface area contributed by atoms with E-state index >= 15 is 0 Å². The van der Waals surface area contributed by atoms with E-state index in [1.165, 1.54) is 180 Å². The molecule has 5 heteroatoms. The van der Waals surface area contributed by atoms with Crippen LogP contribution in [0.5, 0.6) is 0 Å². The van der Waals surface area contributed by atoms with Crippen molar-refractivity contribution in [2.45, 2.75) is 297 Å². The van der Waals surface area contributed by atoms with Gasteiger partial charge in [0.25, 0.3) is 0 Å². The van der Waals surface area contributed by atoms with Gasteiger partial charge in [0.05, 0.1) is 6.61 Å². The molecule has 1 unspecified atom stereocenters. The quantitative estimate of drug-likeness (QED) is 0.0346. The van der Waals surface area contributed by atoms with Gasteiger partial charge in [0.1, 0.15) is 6.61 Å². The number of hydrogen-bond donors (Lipinski definition) is 0. The maximum atomic E-state index is 12.8. The van der Waals surface area contributed by atoms with Gasteiger partial charge in [0.2, 0.25) is 0 Å². The second-order valence-corrected chi connectivity index (χ2v) is 19.2. The maximum Gasteiger partial charge on any atom is 0.306 e. The third kappa shape index (κ3) is 54.2. The molecule has 0 aromatic heterocycles. The van der Waals surface area contributed by atoms with Crippen LogP contribution in [0.3, 0.4) is 0 Å². The Morgan fingerprint density at radius 3 is 1.12 bits per heavy atom. The van der Waals surface area contributed by atoms with E-state index in [0.29, 0.717) is 19.4 Å². The Morgan fingerprint density at radius 1 is 0.348 bits per heavy atom. The van der Waals surface area contributed by atoms with Gasteiger partial charge in [0.15, 0.2) is 6.10 Å². The van der Waals surface area contributed by atoms with Gasteiger partial charge in [0, 0.05) is 19.4 Å². The first-order chi connectivity index (χ1) is 32.6. The third-order valence-corrected chi connectivity index (χ3v) is 12.5. The van der Waals surface area contributed by atoms with E-state index in [1.807, 2.05) is 0 Å². The van der Waals surface area contributed by atoms with Crippen LogP contribution >= 0.6 is 0 Å². The Balaban J connectivity index is 4.25. The van der Waals surface area contributed by atoms with Crippen LogP contribution in [0.4, 0.5) is 0 Å². The van der Waals surface area contributed by atoms with Crippen molar-refractivity contribution in [2.75, 3.05) is 19.8 Å². The topological polar surface area (TPSA) is 61.8 Å². The van der Waals surface area contributed by atoms with Crippen LogP contribution in [0.1, 0.15) is 290 Å². The Morgan fingerprint density at radius 2 is 0.682 bits per heavy atom. The normalized spacial score (nSPS) is 12.6. The monoisotopic (exact) mass is 923 g/mol. The summed E-state index contributed by atoms with van der Waals surface area (Å²) < 4.78 is 17.5. The molecule has 0 spiro atoms. The van der Waals surface area contributed by atoms with Gasteiger partial charge in [-0.05, 0) is 83.5 Å². The largest absolute Gasteiger partial charge is 0.462 e. The van der Waals surface area contributed by atoms with Gasteiger partial charge in [-0.3, -0.25) is 9.59 Å². The molecule has 1 atom stereocenters. The molecule has 0 bridgehead atoms. The molecule has 0 N–H and O–H groups in total. The van der Waals surface area contributed by atoms with Gasteiger partial charge in [-0.15, -0.1) is 0 Å². The Hall–Kier alpha value is -2.40. The average molecular weight is 924 g/mol. The molecule has 0 aromatic rings. The molecule has 384 valence electrons. The summed E-state index contributed by atoms with van der Waals surface area (Å²) in [6.07, 6.45) is 72.4. The standard InChI is InChI=1S/C61H110O5/c1-4-7-10-13-16-19-22-25-27-29-30-31-33-35-38-41-44-47-50-53-56-64-57-59(66-61(63)55-52-49-46-43-40-36-24-21-18-15-12-9-6-3)58-65-60(62)54-51-48-45-42-39-37-34-32-28-26-23-20-17-14-11-8-5-2/h7,10,16,19,21,24-25,27,30-31,59H,4-6,8-9,11-15,17-18,20,22-23,26,28-29,32-58H2,1-3H3/b10-7-,19-16-,24-21-,27-25-,31-30-. The van der Waals surface area contributed by atoms with Crippen molar-refractivity contribution in [3.63, 3.8) is 0 Å². The van der Waals surface area contributed by atoms with Crippen molar-refractivity contribution in [1.29, 1.82) is 0 Å². The molecular formula is C61H110O5. The predicted octanol–water partition coefficient (Wildman–Crippen LogP) is 19.7. The fourth-order valence-corrected chi connectivity index (χ4v) is 8.26. The highest BCUT2D eigenvalue weighted by molar-refractivity contribution is 5.70. The molecular weight excluding hydrogens is 813 g/mol. The average Bonchev–Trinajstić information content (AvgIpc) is 3.32. The van der Waals surface area contributed by atoms with E-state index < -0.39 is 6.10 Å². The molecule has 0 rings (SSSR count). The zero-order chi connectivity index (χ0) is 47.7. The molecule has 0 heterocycles. The Bertz CT molecular complexity index is 1130. The number of rotatable bonds is 53. The smallest absolute Gasteiger partial charge is 0.306 e. The Labute approximate surface area is 411 Å². The summed E-state index contributed by atoms with van der Waals surface area (Å²) in [4.78, 5) is 25.5. The molecule has 0 saturated carbocycles. The molecule has 0 fully saturated rings. The van der Waals surface area contributed by atoms with E-state index in [0.717, 1.165) is 77.0 Å². The zero-order valence-corrected chi connectivity index (χ0v) is 44.2. The lowest BCUT2D eigenvalue weighted by atomic mass is 10.0. The third-order valence-electron chi connectivity index (χ3n) is 12.5. The Kier molecular flexibility index (Phi) is 54.9. The zero-order valence-electron chi connectivity index (χ0n) is 44.2. The van der Waals surface area contributed by atoms with Crippen LogP contribution in [0.15, 0.2) is 60.8 Å². The summed E-state index contributed by atoms with van der Waals surface area (Å²) in [5.41, 5.74) is 0. The predicted molar refractivity (Wildman–Crippen MR) is 288 cm³/mol. The molecule has 66 heavy (non-hydrogen) atoms. The minimum Gasteiger partial charge on any atom is -0.462 e. The molecule has 0 aliphatic heterocycles. The molecule has 0 aromatic carbocycles. The summed E-state index contributed by atoms with van der Waals surface area (Å²) in [6, 6.07) is 0. The summed E-state index contributed by atoms with van der Waals surface area (Å²) in [5.74, 6) is -0.400. The first-order valence-electron chi connectivity index (χ1n) is 28.8. The van der Waals surface area contributed by atoms with Gasteiger partial charge in [-0.1, -0.05) is 255 Å². The molecule has 5 nitrogen and oxygen atoms in total. The SMILES string of the molecule is CC/C=C\C/C=C\C/C=C\C/C=C\CCCCCCCCCOCC(COC(=O)CCCCCCCCCCCCCCCCCCC)OC(=O)CCCCCCC/C=C\CCCCCC. The fourth-order valence-electron chi connectivity index (χ4n) is 8.26. The van der Waals surface area contributed by atoms with E-state index in [2.05, 4.69) is 81.5 Å². The highest BCUT2D eigenvalue weighted by Gasteiger charge is 2.17. The number of carbonyl (C=O) groups is 2. The lowest BCUT2D eigenvalue weighted by Crippen LogP contribution is -2.30. The second-order valence-electron chi connectivity index (χ2n) is 19.2. The van der Waals surface area contributed by atoms with Crippen molar-refractivity contribution in [3.8, 4) is 0 Å².